The first-order valence-electron chi connectivity index (χ1n) is 8.92. The van der Waals surface area contributed by atoms with E-state index in [4.69, 9.17) is 0 Å². The van der Waals surface area contributed by atoms with Gasteiger partial charge in [0, 0.05) is 31.2 Å². The van der Waals surface area contributed by atoms with Gasteiger partial charge in [-0.25, -0.2) is 9.37 Å². The number of amides is 2. The fraction of sp³-hybridized carbons (Fsp3) is 0.611. The number of rotatable bonds is 5. The monoisotopic (exact) mass is 404 g/mol. The third-order valence-corrected chi connectivity index (χ3v) is 4.50. The van der Waals surface area contributed by atoms with E-state index in [9.17, 15) is 27.2 Å². The molecule has 0 radical (unpaired) electrons. The van der Waals surface area contributed by atoms with E-state index < -0.39 is 29.0 Å². The maximum atomic E-state index is 14.1. The van der Waals surface area contributed by atoms with Crippen LogP contribution >= 0.6 is 0 Å². The van der Waals surface area contributed by atoms with Gasteiger partial charge >= 0.3 is 6.18 Å². The normalized spacial score (nSPS) is 17.8. The number of carbonyl (C=O) groups excluding carboxylic acids is 2. The number of aromatic nitrogens is 1. The summed E-state index contributed by atoms with van der Waals surface area (Å²) in [5.74, 6) is -2.18. The summed E-state index contributed by atoms with van der Waals surface area (Å²) in [6, 6.07) is 0.0740. The summed E-state index contributed by atoms with van der Waals surface area (Å²) in [4.78, 5) is 29.4. The Morgan fingerprint density at radius 2 is 1.93 bits per heavy atom. The second kappa shape index (κ2) is 7.92. The Balaban J connectivity index is 2.00. The van der Waals surface area contributed by atoms with Crippen molar-refractivity contribution in [2.45, 2.75) is 51.9 Å². The van der Waals surface area contributed by atoms with Crippen molar-refractivity contribution in [1.29, 1.82) is 0 Å². The first kappa shape index (κ1) is 21.9. The highest BCUT2D eigenvalue weighted by Crippen LogP contribution is 2.31. The Morgan fingerprint density at radius 1 is 1.29 bits per heavy atom. The van der Waals surface area contributed by atoms with Crippen molar-refractivity contribution in [3.8, 4) is 0 Å². The molecule has 0 aromatic carbocycles. The van der Waals surface area contributed by atoms with Gasteiger partial charge in [-0.15, -0.1) is 0 Å². The van der Waals surface area contributed by atoms with Crippen LogP contribution in [0.3, 0.4) is 0 Å². The lowest BCUT2D eigenvalue weighted by atomic mass is 10.0. The highest BCUT2D eigenvalue weighted by Gasteiger charge is 2.35. The van der Waals surface area contributed by atoms with Crippen molar-refractivity contribution in [2.24, 2.45) is 5.92 Å². The molecule has 2 N–H and O–H groups in total. The molecule has 6 nitrogen and oxygen atoms in total. The number of hydrogen-bond donors (Lipinski definition) is 2. The molecule has 10 heteroatoms. The second-order valence-corrected chi connectivity index (χ2v) is 7.70. The van der Waals surface area contributed by atoms with Gasteiger partial charge in [0.15, 0.2) is 11.6 Å². The van der Waals surface area contributed by atoms with Crippen LogP contribution in [0.4, 0.5) is 23.4 Å². The molecule has 1 aliphatic heterocycles. The number of anilines is 1. The van der Waals surface area contributed by atoms with E-state index in [-0.39, 0.29) is 30.2 Å². The van der Waals surface area contributed by atoms with Crippen LogP contribution in [0.15, 0.2) is 12.3 Å². The van der Waals surface area contributed by atoms with E-state index in [2.05, 4.69) is 15.6 Å². The zero-order valence-electron chi connectivity index (χ0n) is 16.2. The lowest BCUT2D eigenvalue weighted by Gasteiger charge is -2.28. The number of nitrogens with one attached hydrogen (secondary N) is 2. The number of pyridine rings is 1. The molecule has 0 saturated carbocycles. The third kappa shape index (κ3) is 5.11. The van der Waals surface area contributed by atoms with Gasteiger partial charge in [0.2, 0.25) is 11.8 Å². The lowest BCUT2D eigenvalue weighted by molar-refractivity contribution is -0.138. The average Bonchev–Trinajstić information content (AvgIpc) is 3.01. The number of hydrogen-bond acceptors (Lipinski definition) is 4. The van der Waals surface area contributed by atoms with Gasteiger partial charge in [-0.2, -0.15) is 13.2 Å². The van der Waals surface area contributed by atoms with Crippen LogP contribution < -0.4 is 15.5 Å². The summed E-state index contributed by atoms with van der Waals surface area (Å²) in [5.41, 5.74) is -2.28. The van der Waals surface area contributed by atoms with Crippen molar-refractivity contribution in [3.63, 3.8) is 0 Å². The number of carbonyl (C=O) groups is 2. The molecular formula is C18H24F4N4O2. The van der Waals surface area contributed by atoms with Gasteiger partial charge in [0.1, 0.15) is 5.54 Å². The van der Waals surface area contributed by atoms with Gasteiger partial charge in [0.05, 0.1) is 5.56 Å². The molecule has 1 aromatic heterocycles. The summed E-state index contributed by atoms with van der Waals surface area (Å²) in [5, 5.41) is 5.45. The predicted molar refractivity (Wildman–Crippen MR) is 95.0 cm³/mol. The molecule has 0 unspecified atom stereocenters. The minimum absolute atomic E-state index is 0.183. The van der Waals surface area contributed by atoms with E-state index >= 15 is 0 Å². The number of halogens is 4. The molecule has 1 aromatic rings. The largest absolute Gasteiger partial charge is 0.417 e. The fourth-order valence-electron chi connectivity index (χ4n) is 2.76. The molecule has 1 aliphatic rings. The van der Waals surface area contributed by atoms with Crippen LogP contribution in [-0.4, -0.2) is 41.5 Å². The topological polar surface area (TPSA) is 74.3 Å². The highest BCUT2D eigenvalue weighted by atomic mass is 19.4. The van der Waals surface area contributed by atoms with Gasteiger partial charge in [0.25, 0.3) is 0 Å². The van der Waals surface area contributed by atoms with E-state index in [1.165, 1.54) is 4.90 Å². The highest BCUT2D eigenvalue weighted by molar-refractivity contribution is 5.91. The van der Waals surface area contributed by atoms with Crippen LogP contribution in [0, 0.1) is 11.7 Å². The minimum Gasteiger partial charge on any atom is -0.352 e. The fourth-order valence-corrected chi connectivity index (χ4v) is 2.76. The number of nitrogens with zero attached hydrogens (tertiary/aromatic N) is 2. The maximum absolute atomic E-state index is 14.1. The van der Waals surface area contributed by atoms with Gasteiger partial charge < -0.3 is 15.5 Å². The molecule has 156 valence electrons. The molecule has 1 atom stereocenters. The van der Waals surface area contributed by atoms with Crippen LogP contribution in [0.2, 0.25) is 0 Å². The van der Waals surface area contributed by atoms with Crippen LogP contribution in [-0.2, 0) is 15.8 Å². The average molecular weight is 404 g/mol. The molecule has 1 saturated heterocycles. The maximum Gasteiger partial charge on any atom is 0.417 e. The Bertz CT molecular complexity index is 750. The smallest absolute Gasteiger partial charge is 0.352 e. The Hall–Kier alpha value is -2.39. The number of alkyl halides is 3. The van der Waals surface area contributed by atoms with Crippen molar-refractivity contribution >= 4 is 17.6 Å². The molecule has 2 rings (SSSR count). The second-order valence-electron chi connectivity index (χ2n) is 7.70. The summed E-state index contributed by atoms with van der Waals surface area (Å²) in [6.07, 6.45) is -3.60. The zero-order valence-corrected chi connectivity index (χ0v) is 16.2. The minimum atomic E-state index is -4.67. The van der Waals surface area contributed by atoms with Crippen molar-refractivity contribution in [3.05, 3.63) is 23.6 Å². The Labute approximate surface area is 160 Å². The van der Waals surface area contributed by atoms with Crippen molar-refractivity contribution in [1.82, 2.24) is 15.6 Å². The van der Waals surface area contributed by atoms with E-state index in [1.54, 1.807) is 27.7 Å². The van der Waals surface area contributed by atoms with Crippen LogP contribution in [0.5, 0.6) is 0 Å². The molecule has 0 bridgehead atoms. The standard InChI is InChI=1S/C18H24F4N4O2/c1-10(2)15(27)25-17(3,4)16(28)24-12-5-6-26(9-12)14-13(19)7-11(8-23-14)18(20,21)22/h7-8,10,12H,5-6,9H2,1-4H3,(H,24,28)(H,25,27)/t12-/m1/s1. The first-order valence-corrected chi connectivity index (χ1v) is 8.92. The SMILES string of the molecule is CC(C)C(=O)NC(C)(C)C(=O)N[C@@H]1CCN(c2ncc(C(F)(F)F)cc2F)C1. The van der Waals surface area contributed by atoms with Crippen molar-refractivity contribution < 1.29 is 27.2 Å². The third-order valence-electron chi connectivity index (χ3n) is 4.50. The predicted octanol–water partition coefficient (Wildman–Crippen LogP) is 2.49. The summed E-state index contributed by atoms with van der Waals surface area (Å²) in [7, 11) is 0. The Morgan fingerprint density at radius 3 is 2.46 bits per heavy atom. The molecule has 1 fully saturated rings. The van der Waals surface area contributed by atoms with E-state index in [0.29, 0.717) is 25.2 Å². The summed E-state index contributed by atoms with van der Waals surface area (Å²) < 4.78 is 52.0. The first-order chi connectivity index (χ1) is 12.8. The van der Waals surface area contributed by atoms with Gasteiger partial charge in [-0.3, -0.25) is 9.59 Å². The quantitative estimate of drug-likeness (QED) is 0.740. The molecule has 28 heavy (non-hydrogen) atoms. The molecular weight excluding hydrogens is 380 g/mol. The molecule has 2 heterocycles. The van der Waals surface area contributed by atoms with E-state index in [1.807, 2.05) is 0 Å². The van der Waals surface area contributed by atoms with Crippen LogP contribution in [0.1, 0.15) is 39.7 Å². The van der Waals surface area contributed by atoms with Crippen molar-refractivity contribution in [2.75, 3.05) is 18.0 Å². The van der Waals surface area contributed by atoms with Gasteiger partial charge in [-0.05, 0) is 26.3 Å². The molecule has 0 spiro atoms. The van der Waals surface area contributed by atoms with Gasteiger partial charge in [-0.1, -0.05) is 13.8 Å². The van der Waals surface area contributed by atoms with E-state index in [0.717, 1.165) is 0 Å². The lowest BCUT2D eigenvalue weighted by Crippen LogP contribution is -2.57. The Kier molecular flexibility index (Phi) is 6.20. The zero-order chi connectivity index (χ0) is 21.3. The van der Waals surface area contributed by atoms with Crippen LogP contribution in [0.25, 0.3) is 0 Å². The summed E-state index contributed by atoms with van der Waals surface area (Å²) in [6.45, 7) is 7.11. The molecule has 2 amide bonds. The molecule has 0 aliphatic carbocycles. The summed E-state index contributed by atoms with van der Waals surface area (Å²) >= 11 is 0.